The minimum absolute atomic E-state index is 0.0221. The van der Waals surface area contributed by atoms with E-state index in [0.717, 1.165) is 44.9 Å². The molecule has 0 radical (unpaired) electrons. The van der Waals surface area contributed by atoms with Crippen LogP contribution in [0.3, 0.4) is 0 Å². The molecule has 6 heteroatoms. The fourth-order valence-corrected chi connectivity index (χ4v) is 4.98. The first-order valence-corrected chi connectivity index (χ1v) is 12.1. The molecule has 2 aromatic heterocycles. The average molecular weight is 486 g/mol. The van der Waals surface area contributed by atoms with Gasteiger partial charge in [-0.25, -0.2) is 9.78 Å². The van der Waals surface area contributed by atoms with Crippen LogP contribution >= 0.6 is 0 Å². The van der Waals surface area contributed by atoms with Gasteiger partial charge in [0.1, 0.15) is 11.2 Å². The lowest BCUT2D eigenvalue weighted by atomic mass is 10.0. The van der Waals surface area contributed by atoms with Gasteiger partial charge in [0.05, 0.1) is 12.5 Å². The second-order valence-electron chi connectivity index (χ2n) is 9.05. The predicted molar refractivity (Wildman–Crippen MR) is 146 cm³/mol. The first-order valence-electron chi connectivity index (χ1n) is 12.1. The second kappa shape index (κ2) is 9.00. The number of benzene rings is 4. The van der Waals surface area contributed by atoms with Gasteiger partial charge in [0.2, 0.25) is 5.89 Å². The maximum absolute atomic E-state index is 13.6. The molecule has 0 spiro atoms. The Morgan fingerprint density at radius 2 is 1.49 bits per heavy atom. The Kier molecular flexibility index (Phi) is 5.51. The van der Waals surface area contributed by atoms with Gasteiger partial charge in [0, 0.05) is 48.2 Å². The SMILES string of the molecule is CC(=O)[N+](c1ccccc1)(c1ccccc1)c1cccc(-c2n[nH]cc2-c2nc3cc(C)ccc3o2)c1. The minimum atomic E-state index is -0.0581. The average Bonchev–Trinajstić information content (AvgIpc) is 3.57. The Labute approximate surface area is 214 Å². The number of aromatic amines is 1. The Morgan fingerprint density at radius 3 is 2.16 bits per heavy atom. The highest BCUT2D eigenvalue weighted by molar-refractivity contribution is 6.01. The number of oxazole rings is 1. The number of nitrogens with zero attached hydrogens (tertiary/aromatic N) is 3. The molecule has 0 unspecified atom stereocenters. The summed E-state index contributed by atoms with van der Waals surface area (Å²) in [7, 11) is 0. The van der Waals surface area contributed by atoms with Gasteiger partial charge in [0.15, 0.2) is 22.6 Å². The molecule has 6 rings (SSSR count). The van der Waals surface area contributed by atoms with Crippen molar-refractivity contribution in [3.63, 3.8) is 0 Å². The number of H-pyrrole nitrogens is 1. The van der Waals surface area contributed by atoms with E-state index in [2.05, 4.69) is 10.2 Å². The first kappa shape index (κ1) is 22.6. The van der Waals surface area contributed by atoms with Crippen LogP contribution in [-0.2, 0) is 4.79 Å². The largest absolute Gasteiger partial charge is 0.436 e. The van der Waals surface area contributed by atoms with E-state index in [4.69, 9.17) is 9.40 Å². The van der Waals surface area contributed by atoms with Crippen molar-refractivity contribution in [3.8, 4) is 22.7 Å². The van der Waals surface area contributed by atoms with Crippen molar-refractivity contribution in [2.45, 2.75) is 13.8 Å². The highest BCUT2D eigenvalue weighted by atomic mass is 16.3. The van der Waals surface area contributed by atoms with Gasteiger partial charge in [-0.05, 0) is 24.6 Å². The van der Waals surface area contributed by atoms with Gasteiger partial charge < -0.3 is 4.42 Å². The van der Waals surface area contributed by atoms with Crippen LogP contribution in [0.2, 0.25) is 0 Å². The number of nitrogens with one attached hydrogen (secondary N) is 1. The van der Waals surface area contributed by atoms with Crippen LogP contribution in [0.25, 0.3) is 33.8 Å². The van der Waals surface area contributed by atoms with Crippen molar-refractivity contribution in [3.05, 3.63) is 115 Å². The molecule has 1 N–H and O–H groups in total. The van der Waals surface area contributed by atoms with Crippen LogP contribution in [-0.4, -0.2) is 21.1 Å². The van der Waals surface area contributed by atoms with Gasteiger partial charge in [-0.2, -0.15) is 9.58 Å². The van der Waals surface area contributed by atoms with E-state index in [1.807, 2.05) is 110 Å². The molecule has 0 saturated heterocycles. The maximum atomic E-state index is 13.6. The predicted octanol–water partition coefficient (Wildman–Crippen LogP) is 7.71. The molecule has 0 saturated carbocycles. The number of quaternary nitrogens is 1. The Bertz CT molecular complexity index is 1680. The third-order valence-electron chi connectivity index (χ3n) is 6.68. The van der Waals surface area contributed by atoms with Crippen molar-refractivity contribution < 1.29 is 9.21 Å². The van der Waals surface area contributed by atoms with Crippen LogP contribution in [0.15, 0.2) is 114 Å². The lowest BCUT2D eigenvalue weighted by Gasteiger charge is -2.34. The normalized spacial score (nSPS) is 11.6. The molecule has 1 amide bonds. The third kappa shape index (κ3) is 3.75. The number of rotatable bonds is 5. The standard InChI is InChI=1S/C31H25N4O2/c1-21-16-17-29-28(18-21)33-31(37-29)27-20-32-34-30(27)23-10-9-15-26(19-23)35(22(2)36,24-11-5-3-6-12-24)25-13-7-4-8-14-25/h3-20H,1-2H3,(H,32,34)/q+1. The number of aryl methyl sites for hydroxylation is 1. The molecule has 37 heavy (non-hydrogen) atoms. The van der Waals surface area contributed by atoms with Gasteiger partial charge in [-0.1, -0.05) is 54.6 Å². The van der Waals surface area contributed by atoms with Crippen molar-refractivity contribution in [2.24, 2.45) is 0 Å². The van der Waals surface area contributed by atoms with Crippen LogP contribution < -0.4 is 4.48 Å². The highest BCUT2D eigenvalue weighted by Gasteiger charge is 2.42. The number of hydrogen-bond donors (Lipinski definition) is 1. The van der Waals surface area contributed by atoms with Gasteiger partial charge in [-0.15, -0.1) is 0 Å². The molecular formula is C31H25N4O2+. The summed E-state index contributed by atoms with van der Waals surface area (Å²) >= 11 is 0. The topological polar surface area (TPSA) is 71.8 Å². The number of amides is 1. The van der Waals surface area contributed by atoms with Crippen molar-refractivity contribution in [1.82, 2.24) is 19.7 Å². The van der Waals surface area contributed by atoms with E-state index in [1.54, 1.807) is 13.1 Å². The van der Waals surface area contributed by atoms with Crippen molar-refractivity contribution in [1.29, 1.82) is 0 Å². The molecule has 2 heterocycles. The number of carbonyl (C=O) groups is 1. The van der Waals surface area contributed by atoms with Crippen LogP contribution in [0.1, 0.15) is 12.5 Å². The third-order valence-corrected chi connectivity index (χ3v) is 6.68. The van der Waals surface area contributed by atoms with E-state index in [1.165, 1.54) is 0 Å². The van der Waals surface area contributed by atoms with Crippen LogP contribution in [0.5, 0.6) is 0 Å². The van der Waals surface area contributed by atoms with Crippen molar-refractivity contribution >= 4 is 34.1 Å². The molecule has 0 bridgehead atoms. The Hall–Kier alpha value is -4.81. The molecule has 6 aromatic rings. The number of aromatic nitrogens is 3. The summed E-state index contributed by atoms with van der Waals surface area (Å²) in [5.41, 5.74) is 7.47. The number of fused-ring (bicyclic) bond motifs is 1. The van der Waals surface area contributed by atoms with Gasteiger partial charge in [-0.3, -0.25) is 5.10 Å². The molecule has 0 fully saturated rings. The summed E-state index contributed by atoms with van der Waals surface area (Å²) in [6.45, 7) is 3.66. The number of para-hydroxylation sites is 2. The Morgan fingerprint density at radius 1 is 0.811 bits per heavy atom. The van der Waals surface area contributed by atoms with E-state index < -0.39 is 0 Å². The fourth-order valence-electron chi connectivity index (χ4n) is 4.98. The smallest absolute Gasteiger partial charge is 0.325 e. The summed E-state index contributed by atoms with van der Waals surface area (Å²) in [4.78, 5) is 18.3. The zero-order chi connectivity index (χ0) is 25.4. The number of carbonyl (C=O) groups excluding carboxylic acids is 1. The van der Waals surface area contributed by atoms with Crippen LogP contribution in [0, 0.1) is 6.92 Å². The summed E-state index contributed by atoms with van der Waals surface area (Å²) in [5.74, 6) is 0.472. The molecule has 6 nitrogen and oxygen atoms in total. The monoisotopic (exact) mass is 485 g/mol. The molecule has 0 aliphatic rings. The minimum Gasteiger partial charge on any atom is -0.436 e. The zero-order valence-corrected chi connectivity index (χ0v) is 20.6. The van der Waals surface area contributed by atoms with E-state index >= 15 is 0 Å². The highest BCUT2D eigenvalue weighted by Crippen LogP contribution is 2.45. The van der Waals surface area contributed by atoms with Gasteiger partial charge in [0.25, 0.3) is 0 Å². The van der Waals surface area contributed by atoms with Crippen molar-refractivity contribution in [2.75, 3.05) is 0 Å². The molecule has 0 aliphatic carbocycles. The summed E-state index contributed by atoms with van der Waals surface area (Å²) in [6, 6.07) is 33.6. The van der Waals surface area contributed by atoms with E-state index in [9.17, 15) is 4.79 Å². The quantitative estimate of drug-likeness (QED) is 0.254. The molecule has 0 aliphatic heterocycles. The fraction of sp³-hybridized carbons (Fsp3) is 0.0645. The molecular weight excluding hydrogens is 460 g/mol. The Balaban J connectivity index is 1.54. The summed E-state index contributed by atoms with van der Waals surface area (Å²) in [6.07, 6.45) is 1.79. The van der Waals surface area contributed by atoms with E-state index in [-0.39, 0.29) is 10.4 Å². The molecule has 0 atom stereocenters. The molecule has 180 valence electrons. The van der Waals surface area contributed by atoms with Crippen LogP contribution in [0.4, 0.5) is 17.1 Å². The number of hydrogen-bond acceptors (Lipinski definition) is 4. The second-order valence-corrected chi connectivity index (χ2v) is 9.05. The maximum Gasteiger partial charge on any atom is 0.325 e. The lowest BCUT2D eigenvalue weighted by molar-refractivity contribution is -0.123. The lowest BCUT2D eigenvalue weighted by Crippen LogP contribution is -2.43. The zero-order valence-electron chi connectivity index (χ0n) is 20.6. The van der Waals surface area contributed by atoms with E-state index in [0.29, 0.717) is 11.6 Å². The van der Waals surface area contributed by atoms with Gasteiger partial charge >= 0.3 is 5.91 Å². The summed E-state index contributed by atoms with van der Waals surface area (Å²) in [5, 5.41) is 7.52. The first-order chi connectivity index (χ1) is 18.1. The molecule has 4 aromatic carbocycles. The summed E-state index contributed by atoms with van der Waals surface area (Å²) < 4.78 is 6.02.